The number of rotatable bonds is 2. The Bertz CT molecular complexity index is 431. The van der Waals surface area contributed by atoms with Crippen LogP contribution in [0, 0.1) is 12.8 Å². The van der Waals surface area contributed by atoms with Gasteiger partial charge in [-0.3, -0.25) is 10.1 Å². The van der Waals surface area contributed by atoms with Gasteiger partial charge in [-0.05, 0) is 32.3 Å². The summed E-state index contributed by atoms with van der Waals surface area (Å²) in [6, 6.07) is 1.77. The van der Waals surface area contributed by atoms with E-state index < -0.39 is 0 Å². The lowest BCUT2D eigenvalue weighted by Crippen LogP contribution is -2.34. The monoisotopic (exact) mass is 268 g/mol. The van der Waals surface area contributed by atoms with E-state index in [1.54, 1.807) is 13.0 Å². The molecular formula is C12H17ClN4O. The van der Waals surface area contributed by atoms with E-state index in [2.05, 4.69) is 15.3 Å². The largest absolute Gasteiger partial charge is 0.328 e. The Labute approximate surface area is 111 Å². The number of carbonyl (C=O) groups excluding carboxylic acids is 1. The summed E-state index contributed by atoms with van der Waals surface area (Å²) in [5.41, 5.74) is 6.60. The summed E-state index contributed by atoms with van der Waals surface area (Å²) in [4.78, 5) is 20.2. The van der Waals surface area contributed by atoms with Crippen molar-refractivity contribution in [1.29, 1.82) is 0 Å². The molecule has 98 valence electrons. The van der Waals surface area contributed by atoms with E-state index >= 15 is 0 Å². The highest BCUT2D eigenvalue weighted by atomic mass is 35.5. The average Bonchev–Trinajstić information content (AvgIpc) is 2.27. The van der Waals surface area contributed by atoms with Crippen LogP contribution in [0.2, 0.25) is 5.15 Å². The minimum atomic E-state index is -0.0631. The maximum Gasteiger partial charge on any atom is 0.231 e. The van der Waals surface area contributed by atoms with Crippen molar-refractivity contribution in [2.75, 3.05) is 5.32 Å². The quantitative estimate of drug-likeness (QED) is 0.803. The van der Waals surface area contributed by atoms with E-state index in [4.69, 9.17) is 17.3 Å². The van der Waals surface area contributed by atoms with Crippen LogP contribution in [0.5, 0.6) is 0 Å². The molecule has 0 spiro atoms. The van der Waals surface area contributed by atoms with Crippen LogP contribution in [0.15, 0.2) is 6.07 Å². The third kappa shape index (κ3) is 3.40. The maximum atomic E-state index is 12.0. The standard InChI is InChI=1S/C12H17ClN4O/c1-7-5-10(13)16-12(15-7)17-11(18)8-3-2-4-9(14)6-8/h5,8-9H,2-4,6,14H2,1H3,(H,15,16,17,18). The van der Waals surface area contributed by atoms with Crippen molar-refractivity contribution in [3.8, 4) is 0 Å². The minimum absolute atomic E-state index is 0.0448. The van der Waals surface area contributed by atoms with Gasteiger partial charge in [0.2, 0.25) is 11.9 Å². The Morgan fingerprint density at radius 3 is 2.94 bits per heavy atom. The highest BCUT2D eigenvalue weighted by Gasteiger charge is 2.25. The molecule has 5 nitrogen and oxygen atoms in total. The molecule has 1 aliphatic rings. The first-order valence-electron chi connectivity index (χ1n) is 6.12. The van der Waals surface area contributed by atoms with Crippen molar-refractivity contribution in [2.45, 2.75) is 38.6 Å². The first kappa shape index (κ1) is 13.2. The average molecular weight is 269 g/mol. The summed E-state index contributed by atoms with van der Waals surface area (Å²) in [5.74, 6) is 0.160. The summed E-state index contributed by atoms with van der Waals surface area (Å²) >= 11 is 5.82. The van der Waals surface area contributed by atoms with E-state index in [1.165, 1.54) is 0 Å². The van der Waals surface area contributed by atoms with Crippen LogP contribution in [0.25, 0.3) is 0 Å². The summed E-state index contributed by atoms with van der Waals surface area (Å²) < 4.78 is 0. The molecule has 0 aliphatic heterocycles. The smallest absolute Gasteiger partial charge is 0.231 e. The molecular weight excluding hydrogens is 252 g/mol. The normalized spacial score (nSPS) is 23.7. The van der Waals surface area contributed by atoms with E-state index in [0.29, 0.717) is 5.15 Å². The summed E-state index contributed by atoms with van der Waals surface area (Å²) in [6.07, 6.45) is 3.59. The number of halogens is 1. The third-order valence-electron chi connectivity index (χ3n) is 3.14. The van der Waals surface area contributed by atoms with E-state index in [1.807, 2.05) is 0 Å². The molecule has 2 rings (SSSR count). The summed E-state index contributed by atoms with van der Waals surface area (Å²) in [5, 5.41) is 3.04. The first-order chi connectivity index (χ1) is 8.54. The molecule has 0 aromatic carbocycles. The van der Waals surface area contributed by atoms with E-state index in [0.717, 1.165) is 31.4 Å². The Kier molecular flexibility index (Phi) is 4.14. The molecule has 1 aromatic heterocycles. The summed E-state index contributed by atoms with van der Waals surface area (Å²) in [6.45, 7) is 1.81. The van der Waals surface area contributed by atoms with Crippen molar-refractivity contribution >= 4 is 23.5 Å². The fraction of sp³-hybridized carbons (Fsp3) is 0.583. The topological polar surface area (TPSA) is 80.9 Å². The summed E-state index contributed by atoms with van der Waals surface area (Å²) in [7, 11) is 0. The minimum Gasteiger partial charge on any atom is -0.328 e. The molecule has 1 aromatic rings. The number of carbonyl (C=O) groups is 1. The molecule has 0 saturated heterocycles. The molecule has 18 heavy (non-hydrogen) atoms. The number of hydrogen-bond acceptors (Lipinski definition) is 4. The number of nitrogens with two attached hydrogens (primary N) is 1. The SMILES string of the molecule is Cc1cc(Cl)nc(NC(=O)C2CCCC(N)C2)n1. The highest BCUT2D eigenvalue weighted by Crippen LogP contribution is 2.24. The zero-order chi connectivity index (χ0) is 13.1. The van der Waals surface area contributed by atoms with Gasteiger partial charge in [-0.25, -0.2) is 9.97 Å². The second-order valence-electron chi connectivity index (χ2n) is 4.77. The Hall–Kier alpha value is -1.20. The predicted octanol–water partition coefficient (Wildman–Crippen LogP) is 1.89. The lowest BCUT2D eigenvalue weighted by Gasteiger charge is -2.25. The lowest BCUT2D eigenvalue weighted by molar-refractivity contribution is -0.120. The van der Waals surface area contributed by atoms with Gasteiger partial charge in [-0.2, -0.15) is 0 Å². The van der Waals surface area contributed by atoms with Gasteiger partial charge < -0.3 is 5.73 Å². The molecule has 6 heteroatoms. The highest BCUT2D eigenvalue weighted by molar-refractivity contribution is 6.29. The Morgan fingerprint density at radius 1 is 1.50 bits per heavy atom. The van der Waals surface area contributed by atoms with Gasteiger partial charge >= 0.3 is 0 Å². The fourth-order valence-corrected chi connectivity index (χ4v) is 2.50. The second kappa shape index (κ2) is 5.63. The van der Waals surface area contributed by atoms with E-state index in [-0.39, 0.29) is 23.8 Å². The van der Waals surface area contributed by atoms with Gasteiger partial charge in [0.25, 0.3) is 0 Å². The number of amides is 1. The van der Waals surface area contributed by atoms with Crippen LogP contribution >= 0.6 is 11.6 Å². The Balaban J connectivity index is 2.02. The Morgan fingerprint density at radius 2 is 2.28 bits per heavy atom. The van der Waals surface area contributed by atoms with Crippen LogP contribution in [0.4, 0.5) is 5.95 Å². The molecule has 2 atom stereocenters. The van der Waals surface area contributed by atoms with Crippen LogP contribution in [0.3, 0.4) is 0 Å². The third-order valence-corrected chi connectivity index (χ3v) is 3.34. The fourth-order valence-electron chi connectivity index (χ4n) is 2.26. The second-order valence-corrected chi connectivity index (χ2v) is 5.16. The lowest BCUT2D eigenvalue weighted by atomic mass is 9.85. The van der Waals surface area contributed by atoms with Crippen LogP contribution in [0.1, 0.15) is 31.4 Å². The van der Waals surface area contributed by atoms with Crippen molar-refractivity contribution in [3.63, 3.8) is 0 Å². The van der Waals surface area contributed by atoms with Gasteiger partial charge in [0.15, 0.2) is 0 Å². The van der Waals surface area contributed by atoms with Crippen molar-refractivity contribution in [2.24, 2.45) is 11.7 Å². The number of nitrogens with zero attached hydrogens (tertiary/aromatic N) is 2. The molecule has 2 unspecified atom stereocenters. The van der Waals surface area contributed by atoms with Crippen molar-refractivity contribution in [3.05, 3.63) is 16.9 Å². The molecule has 0 radical (unpaired) electrons. The molecule has 1 heterocycles. The van der Waals surface area contributed by atoms with Gasteiger partial charge in [-0.15, -0.1) is 0 Å². The van der Waals surface area contributed by atoms with Gasteiger partial charge in [0, 0.05) is 17.7 Å². The van der Waals surface area contributed by atoms with Crippen molar-refractivity contribution in [1.82, 2.24) is 9.97 Å². The number of hydrogen-bond donors (Lipinski definition) is 2. The first-order valence-corrected chi connectivity index (χ1v) is 6.50. The zero-order valence-electron chi connectivity index (χ0n) is 10.3. The molecule has 3 N–H and O–H groups in total. The van der Waals surface area contributed by atoms with Gasteiger partial charge in [-0.1, -0.05) is 18.0 Å². The van der Waals surface area contributed by atoms with Gasteiger partial charge in [0.1, 0.15) is 5.15 Å². The molecule has 1 amide bonds. The molecule has 0 bridgehead atoms. The zero-order valence-corrected chi connectivity index (χ0v) is 11.1. The van der Waals surface area contributed by atoms with E-state index in [9.17, 15) is 4.79 Å². The van der Waals surface area contributed by atoms with Crippen LogP contribution in [-0.4, -0.2) is 21.9 Å². The molecule has 1 saturated carbocycles. The predicted molar refractivity (Wildman–Crippen MR) is 70.3 cm³/mol. The number of nitrogens with one attached hydrogen (secondary N) is 1. The maximum absolute atomic E-state index is 12.0. The van der Waals surface area contributed by atoms with Crippen LogP contribution in [-0.2, 0) is 4.79 Å². The number of aryl methyl sites for hydroxylation is 1. The van der Waals surface area contributed by atoms with Crippen LogP contribution < -0.4 is 11.1 Å². The molecule has 1 fully saturated rings. The number of aromatic nitrogens is 2. The van der Waals surface area contributed by atoms with Gasteiger partial charge in [0.05, 0.1) is 0 Å². The number of anilines is 1. The molecule has 1 aliphatic carbocycles. The van der Waals surface area contributed by atoms with Crippen molar-refractivity contribution < 1.29 is 4.79 Å².